The number of nitrogens with two attached hydrogens (primary N) is 2. The number of thioether (sulfide) groups is 1. The SMILES string of the molecule is CCCC[C@H]1C(=O)N(C)[C@@H](CCCC)C(=O)N[C@@H](CCCNC(=N)N)C(=O)N[C@H](C(=O)NCC(N)=O)CSCC(=O)N[C@@H](Cc2ccccc2)C(=O)N(C)[C@@H](C)C(=O)N[C@@H](C)C(=O)N2CCCC2C(=O)N[C@@H](Cc2cnc[nH]2)C(=O)N[C@@H](CC(C)C)C(=O)N(C)CC(=O)N[C@@H](Cc2c[nH]c3ccccc23)C(=O)N[C@@H](CO)C(=O)N[C@@H](Cc2c[nH]c3ccccc23)C(=O)N1C. The minimum atomic E-state index is -1.83. The maximum absolute atomic E-state index is 15.7. The largest absolute Gasteiger partial charge is 0.394 e. The zero-order valence-corrected chi connectivity index (χ0v) is 75.5. The van der Waals surface area contributed by atoms with Gasteiger partial charge in [0.2, 0.25) is 94.5 Å². The number of unbranched alkanes of at least 4 members (excludes halogenated alkanes) is 2. The number of benzene rings is 3. The van der Waals surface area contributed by atoms with Gasteiger partial charge in [0.15, 0.2) is 5.96 Å². The summed E-state index contributed by atoms with van der Waals surface area (Å²) in [5.41, 5.74) is 14.5. The zero-order chi connectivity index (χ0) is 94.3. The van der Waals surface area contributed by atoms with Gasteiger partial charge in [-0.15, -0.1) is 11.8 Å². The third kappa shape index (κ3) is 29.3. The standard InChI is InChI=1S/C88H125N23O17S/c1-11-13-31-69-81(122)101-61(30-22-34-93-88(90)91)77(118)106-68(76(117)96-44-72(89)113)47-129-48-74(115)100-65(37-53-24-16-15-17-25-53)85(126)108(8)52(6)75(116)98-51(5)83(124)111-35-23-33-70(111)82(123)102-63(40-56-43-92-49-97-56)79(120)103-64(36-50(3)4)84(125)107(7)45-73(114)99-62(38-54-41-94-59-28-20-18-26-57(54)59)78(119)105-67(46-112)80(121)104-66(39-55-42-95-60-29-21-19-27-58(55)60)86(127)110(10)71(32-14-12-2)87(128)109(69)9/h15-21,24-29,41-43,49-52,61-71,94-95,112H,11-14,22-23,30-40,44-48H2,1-10H3,(H2,89,113)(H,92,97)(H,96,117)(H,98,116)(H,99,114)(H,100,115)(H,101,122)(H,102,123)(H,103,120)(H,104,121)(H,105,119)(H,106,118)(H4,90,91,93)/t51-,52-,61-,62-,63-,64-,65-,66-,67-,68-,69-,70?,71-/m0/s1. The molecule has 2 saturated heterocycles. The number of guanidine groups is 1. The number of aliphatic hydroxyl groups excluding tert-OH is 1. The first-order valence-corrected chi connectivity index (χ1v) is 44.7. The van der Waals surface area contributed by atoms with Gasteiger partial charge in [-0.3, -0.25) is 82.1 Å². The normalized spacial score (nSPS) is 23.8. The van der Waals surface area contributed by atoms with Crippen molar-refractivity contribution < 1.29 is 81.8 Å². The van der Waals surface area contributed by atoms with Crippen LogP contribution in [0.2, 0.25) is 0 Å². The Morgan fingerprint density at radius 3 is 1.70 bits per heavy atom. The number of primary amides is 1. The number of para-hydroxylation sites is 2. The summed E-state index contributed by atoms with van der Waals surface area (Å²) in [6.07, 6.45) is 7.42. The molecule has 0 saturated carbocycles. The number of amides is 16. The summed E-state index contributed by atoms with van der Waals surface area (Å²) in [6, 6.07) is 4.22. The number of imidazole rings is 1. The number of H-pyrrole nitrogens is 3. The van der Waals surface area contributed by atoms with Crippen LogP contribution >= 0.6 is 11.8 Å². The lowest BCUT2D eigenvalue weighted by Crippen LogP contribution is -2.61. The van der Waals surface area contributed by atoms with Crippen LogP contribution in [-0.2, 0) is 102 Å². The summed E-state index contributed by atoms with van der Waals surface area (Å²) in [7, 11) is 5.36. The third-order valence-electron chi connectivity index (χ3n) is 22.8. The van der Waals surface area contributed by atoms with Crippen molar-refractivity contribution in [2.24, 2.45) is 17.4 Å². The van der Waals surface area contributed by atoms with Crippen LogP contribution in [0.5, 0.6) is 0 Å². The van der Waals surface area contributed by atoms with Gasteiger partial charge >= 0.3 is 0 Å². The second-order valence-corrected chi connectivity index (χ2v) is 34.2. The first kappa shape index (κ1) is 101. The van der Waals surface area contributed by atoms with Crippen molar-refractivity contribution in [3.8, 4) is 0 Å². The molecule has 2 aliphatic rings. The van der Waals surface area contributed by atoms with Crippen molar-refractivity contribution >= 4 is 134 Å². The molecular formula is C88H125N23O17S. The Bertz CT molecular complexity index is 4910. The average molecular weight is 1810 g/mol. The Morgan fingerprint density at radius 2 is 1.09 bits per heavy atom. The first-order valence-electron chi connectivity index (χ1n) is 43.5. The van der Waals surface area contributed by atoms with E-state index in [0.717, 1.165) is 26.5 Å². The lowest BCUT2D eigenvalue weighted by Gasteiger charge is -2.36. The summed E-state index contributed by atoms with van der Waals surface area (Å²) in [5.74, 6) is -15.0. The highest BCUT2D eigenvalue weighted by Crippen LogP contribution is 2.26. The fourth-order valence-corrected chi connectivity index (χ4v) is 16.4. The van der Waals surface area contributed by atoms with Crippen molar-refractivity contribution in [3.05, 3.63) is 126 Å². The number of nitrogens with zero attached hydrogens (tertiary/aromatic N) is 6. The molecular weight excluding hydrogens is 1680 g/mol. The zero-order valence-electron chi connectivity index (χ0n) is 74.7. The van der Waals surface area contributed by atoms with Crippen molar-refractivity contribution in [1.82, 2.24) is 103 Å². The van der Waals surface area contributed by atoms with Crippen LogP contribution in [0.25, 0.3) is 21.8 Å². The minimum Gasteiger partial charge on any atom is -0.394 e. The Hall–Kier alpha value is -13.0. The van der Waals surface area contributed by atoms with Crippen molar-refractivity contribution in [2.45, 2.75) is 216 Å². The van der Waals surface area contributed by atoms with Crippen molar-refractivity contribution in [3.63, 3.8) is 0 Å². The van der Waals surface area contributed by atoms with Gasteiger partial charge in [-0.2, -0.15) is 0 Å². The molecule has 41 heteroatoms. The lowest BCUT2D eigenvalue weighted by atomic mass is 10.00. The molecule has 0 aliphatic carbocycles. The summed E-state index contributed by atoms with van der Waals surface area (Å²) >= 11 is 0.828. The second kappa shape index (κ2) is 49.4. The van der Waals surface area contributed by atoms with E-state index >= 15 is 24.0 Å². The van der Waals surface area contributed by atoms with Crippen LogP contribution in [0, 0.1) is 11.3 Å². The van der Waals surface area contributed by atoms with Crippen LogP contribution in [0.4, 0.5) is 0 Å². The van der Waals surface area contributed by atoms with Gasteiger partial charge in [0.05, 0.1) is 31.8 Å². The van der Waals surface area contributed by atoms with E-state index in [-0.39, 0.29) is 89.0 Å². The highest BCUT2D eigenvalue weighted by Gasteiger charge is 2.43. The van der Waals surface area contributed by atoms with Gasteiger partial charge < -0.3 is 115 Å². The number of carbonyl (C=O) groups excluding carboxylic acids is 16. The number of aliphatic hydroxyl groups is 1. The quantitative estimate of drug-likeness (QED) is 0.0196. The van der Waals surface area contributed by atoms with Gasteiger partial charge in [-0.1, -0.05) is 120 Å². The fourth-order valence-electron chi connectivity index (χ4n) is 15.5. The number of rotatable bonds is 24. The van der Waals surface area contributed by atoms with Gasteiger partial charge in [0, 0.05) is 119 Å². The molecule has 5 heterocycles. The summed E-state index contributed by atoms with van der Waals surface area (Å²) < 4.78 is 0. The molecule has 3 aromatic carbocycles. The van der Waals surface area contributed by atoms with E-state index in [1.165, 1.54) is 64.4 Å². The van der Waals surface area contributed by atoms with E-state index in [0.29, 0.717) is 76.3 Å². The third-order valence-corrected chi connectivity index (χ3v) is 23.9. The number of likely N-dealkylation sites (N-methyl/N-ethyl adjacent to an activating group) is 4. The van der Waals surface area contributed by atoms with Crippen LogP contribution < -0.4 is 70.0 Å². The molecule has 16 amide bonds. The number of carbonyl (C=O) groups is 16. The van der Waals surface area contributed by atoms with E-state index in [9.17, 15) is 57.8 Å². The van der Waals surface area contributed by atoms with E-state index in [1.54, 1.807) is 105 Å². The number of hydrogen-bond acceptors (Lipinski definition) is 20. The molecule has 0 spiro atoms. The Labute approximate surface area is 753 Å². The van der Waals surface area contributed by atoms with Gasteiger partial charge in [-0.25, -0.2) is 4.98 Å². The number of nitrogens with one attached hydrogen (secondary N) is 15. The summed E-state index contributed by atoms with van der Waals surface area (Å²) in [4.78, 5) is 253. The van der Waals surface area contributed by atoms with E-state index < -0.39 is 204 Å². The lowest BCUT2D eigenvalue weighted by molar-refractivity contribution is -0.149. The van der Waals surface area contributed by atoms with Crippen LogP contribution in [0.15, 0.2) is 104 Å². The minimum absolute atomic E-state index is 0.0113. The monoisotopic (exact) mass is 1810 g/mol. The van der Waals surface area contributed by atoms with Crippen molar-refractivity contribution in [2.75, 3.05) is 72.5 Å². The molecule has 700 valence electrons. The Balaban J connectivity index is 1.16. The molecule has 2 aliphatic heterocycles. The van der Waals surface area contributed by atoms with Crippen LogP contribution in [-0.4, -0.2) is 301 Å². The van der Waals surface area contributed by atoms with Gasteiger partial charge in [0.1, 0.15) is 78.5 Å². The highest BCUT2D eigenvalue weighted by molar-refractivity contribution is 8.00. The summed E-state index contributed by atoms with van der Waals surface area (Å²) in [6.45, 7) is 7.70. The second-order valence-electron chi connectivity index (χ2n) is 33.2. The number of aromatic nitrogens is 4. The fraction of sp³-hybridized carbons (Fsp3) is 0.523. The molecule has 8 rings (SSSR count). The average Bonchev–Trinajstić information content (AvgIpc) is 1.69. The molecule has 0 radical (unpaired) electrons. The molecule has 1 unspecified atom stereocenters. The topological polar surface area (TPSA) is 578 Å². The molecule has 3 aromatic heterocycles. The molecule has 129 heavy (non-hydrogen) atoms. The number of hydrogen-bond donors (Lipinski definition) is 18. The van der Waals surface area contributed by atoms with Gasteiger partial charge in [0.25, 0.3) is 0 Å². The molecule has 2 fully saturated rings. The first-order chi connectivity index (χ1) is 61.5. The Kier molecular flexibility index (Phi) is 38.9. The van der Waals surface area contributed by atoms with Gasteiger partial charge in [-0.05, 0) is 93.5 Å². The number of fused-ring (bicyclic) bond motifs is 3. The van der Waals surface area contributed by atoms with Crippen LogP contribution in [0.3, 0.4) is 0 Å². The molecule has 6 aromatic rings. The van der Waals surface area contributed by atoms with E-state index in [1.807, 2.05) is 13.8 Å². The molecule has 13 atom stereocenters. The Morgan fingerprint density at radius 1 is 0.550 bits per heavy atom. The van der Waals surface area contributed by atoms with E-state index in [4.69, 9.17) is 16.9 Å². The molecule has 0 bridgehead atoms. The van der Waals surface area contributed by atoms with Crippen molar-refractivity contribution in [1.29, 1.82) is 5.41 Å². The predicted molar refractivity (Wildman–Crippen MR) is 481 cm³/mol. The van der Waals surface area contributed by atoms with E-state index in [2.05, 4.69) is 78.4 Å². The maximum Gasteiger partial charge on any atom is 0.245 e. The van der Waals surface area contributed by atoms with Crippen LogP contribution in [0.1, 0.15) is 135 Å². The smallest absolute Gasteiger partial charge is 0.245 e. The highest BCUT2D eigenvalue weighted by atomic mass is 32.2. The summed E-state index contributed by atoms with van der Waals surface area (Å²) in [5, 5.41) is 49.8. The maximum atomic E-state index is 15.7. The predicted octanol–water partition coefficient (Wildman–Crippen LogP) is -0.993. The molecule has 20 N–H and O–H groups in total. The number of aromatic amines is 3. The molecule has 40 nitrogen and oxygen atoms in total.